The van der Waals surface area contributed by atoms with Gasteiger partial charge in [-0.15, -0.1) is 11.3 Å². The summed E-state index contributed by atoms with van der Waals surface area (Å²) in [5, 5.41) is 16.1. The van der Waals surface area contributed by atoms with Crippen LogP contribution in [0.2, 0.25) is 5.02 Å². The van der Waals surface area contributed by atoms with Gasteiger partial charge in [0.15, 0.2) is 5.13 Å². The standard InChI is InChI=1S/C25H21ClN4O2S/c1-17-13-20(7-8-22(17)26)32-11-4-10-30-16-19(21-5-2-3-6-23(21)30)14-18(15-27)24(31)29-25-28-9-12-33-25/h2-3,5-9,12-14,16H,4,10-11H2,1H3,(H,28,29,31)/b18-14-. The molecule has 4 aromatic rings. The Morgan fingerprint density at radius 1 is 1.33 bits per heavy atom. The monoisotopic (exact) mass is 476 g/mol. The first-order chi connectivity index (χ1) is 16.0. The number of nitriles is 1. The summed E-state index contributed by atoms with van der Waals surface area (Å²) in [6.07, 6.45) is 5.97. The van der Waals surface area contributed by atoms with Crippen LogP contribution in [-0.2, 0) is 11.3 Å². The third kappa shape index (κ3) is 5.43. The molecule has 6 nitrogen and oxygen atoms in total. The molecule has 1 N–H and O–H groups in total. The molecule has 0 fully saturated rings. The van der Waals surface area contributed by atoms with Crippen molar-refractivity contribution < 1.29 is 9.53 Å². The molecule has 0 bridgehead atoms. The number of benzene rings is 2. The first-order valence-electron chi connectivity index (χ1n) is 10.3. The predicted molar refractivity (Wildman–Crippen MR) is 133 cm³/mol. The van der Waals surface area contributed by atoms with Gasteiger partial charge >= 0.3 is 0 Å². The molecule has 0 saturated heterocycles. The largest absolute Gasteiger partial charge is 0.494 e. The summed E-state index contributed by atoms with van der Waals surface area (Å²) >= 11 is 7.37. The molecule has 0 aliphatic heterocycles. The normalized spacial score (nSPS) is 11.4. The van der Waals surface area contributed by atoms with Crippen molar-refractivity contribution in [2.45, 2.75) is 19.9 Å². The maximum Gasteiger partial charge on any atom is 0.268 e. The zero-order valence-corrected chi connectivity index (χ0v) is 19.5. The van der Waals surface area contributed by atoms with Crippen LogP contribution in [0.4, 0.5) is 5.13 Å². The summed E-state index contributed by atoms with van der Waals surface area (Å²) in [6, 6.07) is 15.6. The number of nitrogens with zero attached hydrogens (tertiary/aromatic N) is 3. The summed E-state index contributed by atoms with van der Waals surface area (Å²) < 4.78 is 7.98. The molecule has 33 heavy (non-hydrogen) atoms. The fourth-order valence-electron chi connectivity index (χ4n) is 3.46. The van der Waals surface area contributed by atoms with Crippen molar-refractivity contribution >= 4 is 51.0 Å². The number of amides is 1. The summed E-state index contributed by atoms with van der Waals surface area (Å²) in [6.45, 7) is 3.23. The van der Waals surface area contributed by atoms with E-state index in [-0.39, 0.29) is 5.57 Å². The number of carbonyl (C=O) groups excluding carboxylic acids is 1. The number of anilines is 1. The highest BCUT2D eigenvalue weighted by Gasteiger charge is 2.13. The molecule has 2 aromatic heterocycles. The molecule has 166 valence electrons. The quantitative estimate of drug-likeness (QED) is 0.190. The van der Waals surface area contributed by atoms with Gasteiger partial charge in [0.25, 0.3) is 5.91 Å². The first-order valence-corrected chi connectivity index (χ1v) is 11.6. The Morgan fingerprint density at radius 3 is 2.94 bits per heavy atom. The SMILES string of the molecule is Cc1cc(OCCCn2cc(/C=C(/C#N)C(=O)Nc3nccs3)c3ccccc32)ccc1Cl. The Hall–Kier alpha value is -3.60. The average Bonchev–Trinajstić information content (AvgIpc) is 3.45. The summed E-state index contributed by atoms with van der Waals surface area (Å²) in [5.41, 5.74) is 2.85. The van der Waals surface area contributed by atoms with Crippen LogP contribution in [0, 0.1) is 18.3 Å². The molecule has 0 saturated carbocycles. The van der Waals surface area contributed by atoms with Crippen LogP contribution in [0.5, 0.6) is 5.75 Å². The minimum Gasteiger partial charge on any atom is -0.494 e. The van der Waals surface area contributed by atoms with Gasteiger partial charge in [-0.25, -0.2) is 4.98 Å². The van der Waals surface area contributed by atoms with E-state index in [1.807, 2.05) is 61.7 Å². The molecule has 4 rings (SSSR count). The van der Waals surface area contributed by atoms with Gasteiger partial charge in [-0.1, -0.05) is 29.8 Å². The van der Waals surface area contributed by atoms with E-state index in [2.05, 4.69) is 14.9 Å². The van der Waals surface area contributed by atoms with E-state index in [4.69, 9.17) is 16.3 Å². The van der Waals surface area contributed by atoms with Crippen molar-refractivity contribution in [1.82, 2.24) is 9.55 Å². The topological polar surface area (TPSA) is 79.9 Å². The fourth-order valence-corrected chi connectivity index (χ4v) is 4.10. The molecule has 1 amide bonds. The van der Waals surface area contributed by atoms with Crippen LogP contribution in [0.3, 0.4) is 0 Å². The maximum atomic E-state index is 12.5. The minimum absolute atomic E-state index is 0.0227. The van der Waals surface area contributed by atoms with Crippen LogP contribution < -0.4 is 10.1 Å². The smallest absolute Gasteiger partial charge is 0.268 e. The number of para-hydroxylation sites is 1. The Labute approximate surface area is 200 Å². The van der Waals surface area contributed by atoms with Crippen molar-refractivity contribution in [3.8, 4) is 11.8 Å². The molecule has 0 spiro atoms. The van der Waals surface area contributed by atoms with E-state index in [1.165, 1.54) is 11.3 Å². The summed E-state index contributed by atoms with van der Waals surface area (Å²) in [5.74, 6) is 0.318. The molecule has 2 aromatic carbocycles. The number of ether oxygens (including phenoxy) is 1. The van der Waals surface area contributed by atoms with Crippen molar-refractivity contribution in [3.05, 3.63) is 82.0 Å². The van der Waals surface area contributed by atoms with Crippen LogP contribution in [0.25, 0.3) is 17.0 Å². The number of fused-ring (bicyclic) bond motifs is 1. The average molecular weight is 477 g/mol. The van der Waals surface area contributed by atoms with Gasteiger partial charge in [0.2, 0.25) is 0 Å². The van der Waals surface area contributed by atoms with Crippen molar-refractivity contribution in [1.29, 1.82) is 5.26 Å². The van der Waals surface area contributed by atoms with Crippen LogP contribution in [-0.4, -0.2) is 22.1 Å². The van der Waals surface area contributed by atoms with E-state index in [9.17, 15) is 10.1 Å². The predicted octanol–water partition coefficient (Wildman–Crippen LogP) is 6.07. The number of nitrogens with one attached hydrogen (secondary N) is 1. The van der Waals surface area contributed by atoms with Crippen LogP contribution in [0.15, 0.2) is 65.8 Å². The van der Waals surface area contributed by atoms with Gasteiger partial charge < -0.3 is 9.30 Å². The molecule has 8 heteroatoms. The number of aromatic nitrogens is 2. The number of thiazole rings is 1. The molecule has 0 radical (unpaired) electrons. The van der Waals surface area contributed by atoms with Crippen LogP contribution >= 0.6 is 22.9 Å². The lowest BCUT2D eigenvalue weighted by Gasteiger charge is -2.09. The van der Waals surface area contributed by atoms with E-state index >= 15 is 0 Å². The van der Waals surface area contributed by atoms with Crippen molar-refractivity contribution in [2.75, 3.05) is 11.9 Å². The van der Waals surface area contributed by atoms with E-state index in [0.29, 0.717) is 11.7 Å². The Bertz CT molecular complexity index is 1350. The van der Waals surface area contributed by atoms with E-state index in [1.54, 1.807) is 17.7 Å². The fraction of sp³-hybridized carbons (Fsp3) is 0.160. The highest BCUT2D eigenvalue weighted by molar-refractivity contribution is 7.13. The zero-order chi connectivity index (χ0) is 23.2. The molecular formula is C25H21ClN4O2S. The second-order valence-corrected chi connectivity index (χ2v) is 8.67. The third-order valence-electron chi connectivity index (χ3n) is 5.08. The number of aryl methyl sites for hydroxylation is 2. The number of hydrogen-bond donors (Lipinski definition) is 1. The van der Waals surface area contributed by atoms with Gasteiger partial charge in [-0.2, -0.15) is 5.26 Å². The molecule has 0 unspecified atom stereocenters. The highest BCUT2D eigenvalue weighted by atomic mass is 35.5. The second-order valence-electron chi connectivity index (χ2n) is 7.37. The first kappa shape index (κ1) is 22.6. The van der Waals surface area contributed by atoms with Gasteiger partial charge in [-0.3, -0.25) is 10.1 Å². The molecule has 0 atom stereocenters. The third-order valence-corrected chi connectivity index (χ3v) is 6.19. The van der Waals surface area contributed by atoms with Crippen molar-refractivity contribution in [3.63, 3.8) is 0 Å². The number of hydrogen-bond acceptors (Lipinski definition) is 5. The Balaban J connectivity index is 1.48. The molecular weight excluding hydrogens is 456 g/mol. The summed E-state index contributed by atoms with van der Waals surface area (Å²) in [4.78, 5) is 16.5. The van der Waals surface area contributed by atoms with Crippen molar-refractivity contribution in [2.24, 2.45) is 0 Å². The number of halogens is 1. The lowest BCUT2D eigenvalue weighted by atomic mass is 10.1. The lowest BCUT2D eigenvalue weighted by molar-refractivity contribution is -0.112. The molecule has 2 heterocycles. The minimum atomic E-state index is -0.476. The Kier molecular flexibility index (Phi) is 7.08. The zero-order valence-electron chi connectivity index (χ0n) is 17.9. The van der Waals surface area contributed by atoms with Gasteiger partial charge in [0.05, 0.1) is 6.61 Å². The molecule has 0 aliphatic rings. The van der Waals surface area contributed by atoms with Gasteiger partial charge in [0, 0.05) is 45.8 Å². The lowest BCUT2D eigenvalue weighted by Crippen LogP contribution is -2.13. The van der Waals surface area contributed by atoms with Gasteiger partial charge in [0.1, 0.15) is 17.4 Å². The molecule has 0 aliphatic carbocycles. The van der Waals surface area contributed by atoms with Gasteiger partial charge in [-0.05, 0) is 49.2 Å². The Morgan fingerprint density at radius 2 is 2.18 bits per heavy atom. The summed E-state index contributed by atoms with van der Waals surface area (Å²) in [7, 11) is 0. The maximum absolute atomic E-state index is 12.5. The number of carbonyl (C=O) groups is 1. The highest BCUT2D eigenvalue weighted by Crippen LogP contribution is 2.25. The number of rotatable bonds is 8. The second kappa shape index (κ2) is 10.3. The van der Waals surface area contributed by atoms with E-state index < -0.39 is 5.91 Å². The van der Waals surface area contributed by atoms with Crippen LogP contribution in [0.1, 0.15) is 17.5 Å². The van der Waals surface area contributed by atoms with E-state index in [0.717, 1.165) is 45.8 Å².